The normalized spacial score (nSPS) is 13.6. The van der Waals surface area contributed by atoms with Crippen LogP contribution in [0.25, 0.3) is 0 Å². The lowest BCUT2D eigenvalue weighted by Crippen LogP contribution is -2.16. The lowest BCUT2D eigenvalue weighted by atomic mass is 10.1. The maximum Gasteiger partial charge on any atom is 0.150 e. The molecular formula is C11H17FN2O2S. The summed E-state index contributed by atoms with van der Waals surface area (Å²) in [5, 5.41) is 0. The van der Waals surface area contributed by atoms with Crippen molar-refractivity contribution >= 4 is 9.84 Å². The number of halogens is 1. The van der Waals surface area contributed by atoms with Crippen LogP contribution in [-0.2, 0) is 9.84 Å². The van der Waals surface area contributed by atoms with E-state index in [2.05, 4.69) is 4.98 Å². The van der Waals surface area contributed by atoms with Gasteiger partial charge in [0, 0.05) is 18.0 Å². The van der Waals surface area contributed by atoms with Crippen molar-refractivity contribution in [3.05, 3.63) is 29.8 Å². The molecule has 1 atom stereocenters. The van der Waals surface area contributed by atoms with Gasteiger partial charge < -0.3 is 5.73 Å². The zero-order chi connectivity index (χ0) is 12.9. The first kappa shape index (κ1) is 14.1. The number of hydrogen-bond acceptors (Lipinski definition) is 4. The molecule has 6 heteroatoms. The number of hydrogen-bond donors (Lipinski definition) is 1. The van der Waals surface area contributed by atoms with E-state index in [9.17, 15) is 12.8 Å². The largest absolute Gasteiger partial charge is 0.323 e. The number of rotatable bonds is 6. The van der Waals surface area contributed by atoms with E-state index in [4.69, 9.17) is 5.73 Å². The van der Waals surface area contributed by atoms with Gasteiger partial charge >= 0.3 is 0 Å². The lowest BCUT2D eigenvalue weighted by molar-refractivity contribution is 0.539. The molecule has 17 heavy (non-hydrogen) atoms. The van der Waals surface area contributed by atoms with E-state index in [-0.39, 0.29) is 17.2 Å². The van der Waals surface area contributed by atoms with E-state index in [0.29, 0.717) is 12.8 Å². The van der Waals surface area contributed by atoms with Crippen molar-refractivity contribution < 1.29 is 12.8 Å². The first-order valence-corrected chi connectivity index (χ1v) is 7.35. The van der Waals surface area contributed by atoms with E-state index in [1.54, 1.807) is 6.92 Å². The van der Waals surface area contributed by atoms with Crippen LogP contribution in [0.2, 0.25) is 0 Å². The standard InChI is InChI=1S/C11H17FN2O2S/c1-2-17(15,16)8-4-6-10(13)11-9(12)5-3-7-14-11/h3,5,7,10H,2,4,6,8,13H2,1H3. The van der Waals surface area contributed by atoms with Crippen LogP contribution in [0.4, 0.5) is 4.39 Å². The van der Waals surface area contributed by atoms with Crippen molar-refractivity contribution in [1.29, 1.82) is 0 Å². The molecule has 0 saturated heterocycles. The van der Waals surface area contributed by atoms with E-state index in [1.165, 1.54) is 18.3 Å². The zero-order valence-corrected chi connectivity index (χ0v) is 10.6. The highest BCUT2D eigenvalue weighted by Crippen LogP contribution is 2.16. The molecule has 1 aromatic rings. The number of pyridine rings is 1. The van der Waals surface area contributed by atoms with E-state index < -0.39 is 21.7 Å². The summed E-state index contributed by atoms with van der Waals surface area (Å²) >= 11 is 0. The molecule has 0 aliphatic rings. The van der Waals surface area contributed by atoms with Gasteiger partial charge in [-0.15, -0.1) is 0 Å². The Hall–Kier alpha value is -1.01. The highest BCUT2D eigenvalue weighted by Gasteiger charge is 2.14. The van der Waals surface area contributed by atoms with Crippen molar-refractivity contribution in [1.82, 2.24) is 4.98 Å². The van der Waals surface area contributed by atoms with Crippen LogP contribution in [0.1, 0.15) is 31.5 Å². The molecule has 4 nitrogen and oxygen atoms in total. The molecule has 1 unspecified atom stereocenters. The van der Waals surface area contributed by atoms with Gasteiger partial charge in [0.1, 0.15) is 15.7 Å². The zero-order valence-electron chi connectivity index (χ0n) is 9.77. The average Bonchev–Trinajstić information content (AvgIpc) is 2.29. The quantitative estimate of drug-likeness (QED) is 0.840. The van der Waals surface area contributed by atoms with Crippen molar-refractivity contribution in [3.63, 3.8) is 0 Å². The monoisotopic (exact) mass is 260 g/mol. The maximum absolute atomic E-state index is 13.3. The van der Waals surface area contributed by atoms with Crippen LogP contribution in [0.3, 0.4) is 0 Å². The Labute approximate surface area is 101 Å². The van der Waals surface area contributed by atoms with Crippen molar-refractivity contribution in [2.75, 3.05) is 11.5 Å². The van der Waals surface area contributed by atoms with Gasteiger partial charge in [-0.3, -0.25) is 4.98 Å². The molecule has 0 amide bonds. The second-order valence-corrected chi connectivity index (χ2v) is 6.33. The topological polar surface area (TPSA) is 73.0 Å². The smallest absolute Gasteiger partial charge is 0.150 e. The van der Waals surface area contributed by atoms with E-state index in [0.717, 1.165) is 0 Å². The van der Waals surface area contributed by atoms with Crippen LogP contribution in [-0.4, -0.2) is 24.9 Å². The summed E-state index contributed by atoms with van der Waals surface area (Å²) < 4.78 is 35.8. The summed E-state index contributed by atoms with van der Waals surface area (Å²) in [6.07, 6.45) is 2.31. The molecule has 0 spiro atoms. The summed E-state index contributed by atoms with van der Waals surface area (Å²) in [5.74, 6) is -0.232. The second kappa shape index (κ2) is 6.07. The van der Waals surface area contributed by atoms with Crippen LogP contribution in [0.15, 0.2) is 18.3 Å². The SMILES string of the molecule is CCS(=O)(=O)CCCC(N)c1ncccc1F. The third kappa shape index (κ3) is 4.40. The van der Waals surface area contributed by atoms with Crippen LogP contribution in [0.5, 0.6) is 0 Å². The summed E-state index contributed by atoms with van der Waals surface area (Å²) in [6.45, 7) is 1.60. The van der Waals surface area contributed by atoms with Gasteiger partial charge in [0.15, 0.2) is 0 Å². The molecule has 2 N–H and O–H groups in total. The molecule has 0 aliphatic carbocycles. The molecular weight excluding hydrogens is 243 g/mol. The molecule has 0 fully saturated rings. The van der Waals surface area contributed by atoms with Gasteiger partial charge in [-0.25, -0.2) is 12.8 Å². The summed E-state index contributed by atoms with van der Waals surface area (Å²) in [6, 6.07) is 2.24. The number of nitrogens with two attached hydrogens (primary N) is 1. The van der Waals surface area contributed by atoms with Crippen LogP contribution >= 0.6 is 0 Å². The fraction of sp³-hybridized carbons (Fsp3) is 0.545. The fourth-order valence-electron chi connectivity index (χ4n) is 1.47. The second-order valence-electron chi connectivity index (χ2n) is 3.86. The highest BCUT2D eigenvalue weighted by atomic mass is 32.2. The molecule has 0 saturated carbocycles. The maximum atomic E-state index is 13.3. The minimum absolute atomic E-state index is 0.0889. The molecule has 1 aromatic heterocycles. The third-order valence-electron chi connectivity index (χ3n) is 2.55. The minimum Gasteiger partial charge on any atom is -0.323 e. The molecule has 0 bridgehead atoms. The van der Waals surface area contributed by atoms with Gasteiger partial charge in [-0.1, -0.05) is 6.92 Å². The molecule has 0 aromatic carbocycles. The summed E-state index contributed by atoms with van der Waals surface area (Å²) in [5.41, 5.74) is 5.97. The average molecular weight is 260 g/mol. The first-order chi connectivity index (χ1) is 7.96. The lowest BCUT2D eigenvalue weighted by Gasteiger charge is -2.11. The Morgan fingerprint density at radius 1 is 1.53 bits per heavy atom. The van der Waals surface area contributed by atoms with E-state index >= 15 is 0 Å². The summed E-state index contributed by atoms with van der Waals surface area (Å²) in [7, 11) is -2.98. The van der Waals surface area contributed by atoms with Gasteiger partial charge in [0.05, 0.1) is 11.4 Å². The Bertz CT molecular complexity index is 462. The number of aromatic nitrogens is 1. The Morgan fingerprint density at radius 3 is 2.82 bits per heavy atom. The van der Waals surface area contributed by atoms with Gasteiger partial charge in [0.25, 0.3) is 0 Å². The number of nitrogens with zero attached hydrogens (tertiary/aromatic N) is 1. The van der Waals surface area contributed by atoms with Gasteiger partial charge in [-0.2, -0.15) is 0 Å². The molecule has 1 heterocycles. The van der Waals surface area contributed by atoms with Gasteiger partial charge in [-0.05, 0) is 25.0 Å². The van der Waals surface area contributed by atoms with Gasteiger partial charge in [0.2, 0.25) is 0 Å². The Balaban J connectivity index is 2.51. The Morgan fingerprint density at radius 2 is 2.24 bits per heavy atom. The van der Waals surface area contributed by atoms with Crippen LogP contribution in [0, 0.1) is 5.82 Å². The predicted molar refractivity (Wildman–Crippen MR) is 64.7 cm³/mol. The first-order valence-electron chi connectivity index (χ1n) is 5.52. The molecule has 0 aliphatic heterocycles. The van der Waals surface area contributed by atoms with Crippen molar-refractivity contribution in [3.8, 4) is 0 Å². The summed E-state index contributed by atoms with van der Waals surface area (Å²) in [4.78, 5) is 3.86. The molecule has 96 valence electrons. The highest BCUT2D eigenvalue weighted by molar-refractivity contribution is 7.91. The Kier molecular flexibility index (Phi) is 5.02. The molecule has 0 radical (unpaired) electrons. The third-order valence-corrected chi connectivity index (χ3v) is 4.34. The van der Waals surface area contributed by atoms with Crippen molar-refractivity contribution in [2.45, 2.75) is 25.8 Å². The van der Waals surface area contributed by atoms with E-state index in [1.807, 2.05) is 0 Å². The van der Waals surface area contributed by atoms with Crippen molar-refractivity contribution in [2.24, 2.45) is 5.73 Å². The molecule has 1 rings (SSSR count). The van der Waals surface area contributed by atoms with Crippen LogP contribution < -0.4 is 5.73 Å². The fourth-order valence-corrected chi connectivity index (χ4v) is 2.37. The minimum atomic E-state index is -2.98. The number of sulfone groups is 1. The predicted octanol–water partition coefficient (Wildman–Crippen LogP) is 1.44.